The molecule has 0 aromatic carbocycles. The molecule has 1 heterocycles. The zero-order valence-electron chi connectivity index (χ0n) is 10.2. The highest BCUT2D eigenvalue weighted by Gasteiger charge is 2.42. The first kappa shape index (κ1) is 11.9. The number of rotatable bonds is 3. The first-order valence-electron chi connectivity index (χ1n) is 6.16. The first-order chi connectivity index (χ1) is 7.63. The summed E-state index contributed by atoms with van der Waals surface area (Å²) in [5, 5.41) is 0. The van der Waals surface area contributed by atoms with Gasteiger partial charge < -0.3 is 15.4 Å². The van der Waals surface area contributed by atoms with Gasteiger partial charge in [0.25, 0.3) is 0 Å². The zero-order chi connectivity index (χ0) is 11.7. The lowest BCUT2D eigenvalue weighted by Crippen LogP contribution is -2.37. The number of likely N-dealkylation sites (tertiary alicyclic amines) is 1. The van der Waals surface area contributed by atoms with Gasteiger partial charge in [0.2, 0.25) is 5.91 Å². The molecule has 4 nitrogen and oxygen atoms in total. The predicted octanol–water partition coefficient (Wildman–Crippen LogP) is 0.465. The van der Waals surface area contributed by atoms with Crippen molar-refractivity contribution in [2.75, 3.05) is 26.8 Å². The summed E-state index contributed by atoms with van der Waals surface area (Å²) >= 11 is 0. The van der Waals surface area contributed by atoms with Gasteiger partial charge in [-0.05, 0) is 24.7 Å². The largest absolute Gasteiger partial charge is 0.384 e. The fraction of sp³-hybridized carbons (Fsp3) is 0.917. The van der Waals surface area contributed by atoms with Crippen LogP contribution in [-0.2, 0) is 9.53 Å². The van der Waals surface area contributed by atoms with Crippen LogP contribution in [-0.4, -0.2) is 43.7 Å². The zero-order valence-corrected chi connectivity index (χ0v) is 10.2. The number of nitrogens with zero attached hydrogens (tertiary/aromatic N) is 1. The third-order valence-corrected chi connectivity index (χ3v) is 4.06. The Morgan fingerprint density at radius 2 is 2.25 bits per heavy atom. The second-order valence-corrected chi connectivity index (χ2v) is 5.26. The molecule has 0 unspecified atom stereocenters. The molecule has 1 aliphatic carbocycles. The maximum Gasteiger partial charge on any atom is 0.227 e. The van der Waals surface area contributed by atoms with Gasteiger partial charge >= 0.3 is 0 Å². The summed E-state index contributed by atoms with van der Waals surface area (Å²) in [6.45, 7) is 4.21. The van der Waals surface area contributed by atoms with E-state index in [1.807, 2.05) is 11.8 Å². The van der Waals surface area contributed by atoms with Gasteiger partial charge in [0, 0.05) is 26.2 Å². The van der Waals surface area contributed by atoms with Crippen LogP contribution in [0.5, 0.6) is 0 Å². The van der Waals surface area contributed by atoms with Crippen molar-refractivity contribution in [2.45, 2.75) is 25.8 Å². The minimum atomic E-state index is -0.0277. The van der Waals surface area contributed by atoms with E-state index < -0.39 is 0 Å². The number of fused-ring (bicyclic) bond motifs is 1. The van der Waals surface area contributed by atoms with Crippen LogP contribution in [0.2, 0.25) is 0 Å². The molecule has 1 amide bonds. The van der Waals surface area contributed by atoms with Gasteiger partial charge in [0.1, 0.15) is 0 Å². The van der Waals surface area contributed by atoms with Gasteiger partial charge in [0.15, 0.2) is 0 Å². The molecule has 1 aliphatic heterocycles. The van der Waals surface area contributed by atoms with Gasteiger partial charge in [0.05, 0.1) is 12.5 Å². The monoisotopic (exact) mass is 226 g/mol. The van der Waals surface area contributed by atoms with Crippen LogP contribution in [0.4, 0.5) is 0 Å². The summed E-state index contributed by atoms with van der Waals surface area (Å²) in [7, 11) is 1.64. The van der Waals surface area contributed by atoms with E-state index in [0.29, 0.717) is 24.5 Å². The Bertz CT molecular complexity index is 270. The SMILES string of the molecule is COC[C@H](C)C(=O)N1C[C@@H]2CC[C@H](N)[C@@H]2C1. The standard InChI is InChI=1S/C12H22N2O2/c1-8(7-16-2)12(15)14-5-9-3-4-11(13)10(9)6-14/h8-11H,3-7,13H2,1-2H3/t8-,9-,10+,11-/m0/s1. The number of carbonyl (C=O) groups is 1. The molecule has 0 aromatic heterocycles. The van der Waals surface area contributed by atoms with Crippen molar-refractivity contribution < 1.29 is 9.53 Å². The van der Waals surface area contributed by atoms with Crippen LogP contribution in [0.15, 0.2) is 0 Å². The molecular weight excluding hydrogens is 204 g/mol. The molecule has 0 radical (unpaired) electrons. The summed E-state index contributed by atoms with van der Waals surface area (Å²) in [6, 6.07) is 0.306. The molecule has 4 atom stereocenters. The van der Waals surface area contributed by atoms with Crippen molar-refractivity contribution in [3.05, 3.63) is 0 Å². The molecule has 92 valence electrons. The van der Waals surface area contributed by atoms with Crippen molar-refractivity contribution >= 4 is 5.91 Å². The van der Waals surface area contributed by atoms with E-state index in [4.69, 9.17) is 10.5 Å². The average molecular weight is 226 g/mol. The molecule has 0 spiro atoms. The highest BCUT2D eigenvalue weighted by Crippen LogP contribution is 2.37. The molecule has 0 bridgehead atoms. The van der Waals surface area contributed by atoms with Crippen molar-refractivity contribution in [1.29, 1.82) is 0 Å². The van der Waals surface area contributed by atoms with Crippen molar-refractivity contribution in [3.63, 3.8) is 0 Å². The van der Waals surface area contributed by atoms with E-state index in [9.17, 15) is 4.79 Å². The molecule has 2 N–H and O–H groups in total. The third-order valence-electron chi connectivity index (χ3n) is 4.06. The number of hydrogen-bond acceptors (Lipinski definition) is 3. The Balaban J connectivity index is 1.91. The number of nitrogens with two attached hydrogens (primary N) is 1. The maximum atomic E-state index is 12.1. The van der Waals surface area contributed by atoms with Gasteiger partial charge in [-0.25, -0.2) is 0 Å². The molecule has 1 saturated carbocycles. The highest BCUT2D eigenvalue weighted by molar-refractivity contribution is 5.79. The molecule has 1 saturated heterocycles. The van der Waals surface area contributed by atoms with E-state index in [1.54, 1.807) is 7.11 Å². The summed E-state index contributed by atoms with van der Waals surface area (Å²) < 4.78 is 5.03. The van der Waals surface area contributed by atoms with Gasteiger partial charge in [-0.1, -0.05) is 6.92 Å². The second-order valence-electron chi connectivity index (χ2n) is 5.26. The molecule has 4 heteroatoms. The highest BCUT2D eigenvalue weighted by atomic mass is 16.5. The lowest BCUT2D eigenvalue weighted by Gasteiger charge is -2.22. The minimum Gasteiger partial charge on any atom is -0.384 e. The first-order valence-corrected chi connectivity index (χ1v) is 6.16. The molecule has 0 aromatic rings. The van der Waals surface area contributed by atoms with Crippen LogP contribution < -0.4 is 5.73 Å². The molecule has 2 rings (SSSR count). The Labute approximate surface area is 97.1 Å². The smallest absolute Gasteiger partial charge is 0.227 e. The van der Waals surface area contributed by atoms with Crippen LogP contribution in [0.3, 0.4) is 0 Å². The van der Waals surface area contributed by atoms with Crippen molar-refractivity contribution in [3.8, 4) is 0 Å². The molecule has 2 aliphatic rings. The molecule has 2 fully saturated rings. The maximum absolute atomic E-state index is 12.1. The Morgan fingerprint density at radius 3 is 2.88 bits per heavy atom. The summed E-state index contributed by atoms with van der Waals surface area (Å²) in [4.78, 5) is 14.1. The van der Waals surface area contributed by atoms with Crippen molar-refractivity contribution in [1.82, 2.24) is 4.90 Å². The Morgan fingerprint density at radius 1 is 1.50 bits per heavy atom. The molecule has 16 heavy (non-hydrogen) atoms. The normalized spacial score (nSPS) is 35.2. The van der Waals surface area contributed by atoms with E-state index in [-0.39, 0.29) is 11.8 Å². The number of carbonyl (C=O) groups excluding carboxylic acids is 1. The van der Waals surface area contributed by atoms with Gasteiger partial charge in [-0.3, -0.25) is 4.79 Å². The van der Waals surface area contributed by atoms with Crippen LogP contribution in [0, 0.1) is 17.8 Å². The second kappa shape index (κ2) is 4.72. The van der Waals surface area contributed by atoms with E-state index in [0.717, 1.165) is 19.5 Å². The van der Waals surface area contributed by atoms with E-state index in [2.05, 4.69) is 0 Å². The Hall–Kier alpha value is -0.610. The van der Waals surface area contributed by atoms with Crippen molar-refractivity contribution in [2.24, 2.45) is 23.5 Å². The summed E-state index contributed by atoms with van der Waals surface area (Å²) in [5.41, 5.74) is 6.05. The Kier molecular flexibility index (Phi) is 3.50. The van der Waals surface area contributed by atoms with Crippen LogP contribution in [0.1, 0.15) is 19.8 Å². The predicted molar refractivity (Wildman–Crippen MR) is 61.8 cm³/mol. The molecular formula is C12H22N2O2. The number of amides is 1. The lowest BCUT2D eigenvalue weighted by atomic mass is 9.98. The van der Waals surface area contributed by atoms with Gasteiger partial charge in [-0.2, -0.15) is 0 Å². The lowest BCUT2D eigenvalue weighted by molar-refractivity contribution is -0.135. The number of ether oxygens (including phenoxy) is 1. The number of methoxy groups -OCH3 is 1. The summed E-state index contributed by atoms with van der Waals surface area (Å²) in [6.07, 6.45) is 2.32. The topological polar surface area (TPSA) is 55.6 Å². The van der Waals surface area contributed by atoms with Gasteiger partial charge in [-0.15, -0.1) is 0 Å². The summed E-state index contributed by atoms with van der Waals surface area (Å²) in [5.74, 6) is 1.39. The van der Waals surface area contributed by atoms with E-state index >= 15 is 0 Å². The fourth-order valence-corrected chi connectivity index (χ4v) is 3.12. The number of hydrogen-bond donors (Lipinski definition) is 1. The van der Waals surface area contributed by atoms with Crippen LogP contribution in [0.25, 0.3) is 0 Å². The van der Waals surface area contributed by atoms with E-state index in [1.165, 1.54) is 6.42 Å². The quantitative estimate of drug-likeness (QED) is 0.761. The third kappa shape index (κ3) is 2.09. The fourth-order valence-electron chi connectivity index (χ4n) is 3.12. The minimum absolute atomic E-state index is 0.0277. The van der Waals surface area contributed by atoms with Crippen LogP contribution >= 0.6 is 0 Å². The average Bonchev–Trinajstić information content (AvgIpc) is 2.81.